The second-order valence-corrected chi connectivity index (χ2v) is 9.00. The Balaban J connectivity index is 1.79. The standard InChI is InChI=1S/C23H22N4O2S/c1-15-4-9-18(10-5-15)24-22-23(25-20-13-8-17(3)14-21(20)26-22)27-30(28,29)19-11-6-16(2)7-12-19/h4-14H,1-3H3,(H,24,26)(H,25,27). The van der Waals surface area contributed by atoms with Crippen LogP contribution >= 0.6 is 0 Å². The summed E-state index contributed by atoms with van der Waals surface area (Å²) in [5, 5.41) is 3.19. The first-order valence-electron chi connectivity index (χ1n) is 9.52. The fourth-order valence-electron chi connectivity index (χ4n) is 3.00. The number of aromatic nitrogens is 2. The van der Waals surface area contributed by atoms with Crippen molar-refractivity contribution in [3.8, 4) is 0 Å². The Morgan fingerprint density at radius 2 is 1.23 bits per heavy atom. The van der Waals surface area contributed by atoms with E-state index in [9.17, 15) is 8.42 Å². The van der Waals surface area contributed by atoms with Gasteiger partial charge < -0.3 is 5.32 Å². The topological polar surface area (TPSA) is 84.0 Å². The number of hydrogen-bond donors (Lipinski definition) is 2. The maximum absolute atomic E-state index is 12.9. The zero-order valence-electron chi connectivity index (χ0n) is 17.0. The minimum absolute atomic E-state index is 0.146. The van der Waals surface area contributed by atoms with E-state index >= 15 is 0 Å². The third-order valence-electron chi connectivity index (χ3n) is 4.70. The molecule has 4 aromatic rings. The summed E-state index contributed by atoms with van der Waals surface area (Å²) in [5.41, 5.74) is 5.24. The minimum Gasteiger partial charge on any atom is -0.337 e. The molecule has 1 aromatic heterocycles. The zero-order valence-corrected chi connectivity index (χ0v) is 17.8. The number of anilines is 3. The molecule has 0 bridgehead atoms. The molecule has 0 aliphatic heterocycles. The summed E-state index contributed by atoms with van der Waals surface area (Å²) in [5.74, 6) is 0.486. The Morgan fingerprint density at radius 1 is 0.667 bits per heavy atom. The highest BCUT2D eigenvalue weighted by molar-refractivity contribution is 7.92. The van der Waals surface area contributed by atoms with Crippen LogP contribution in [-0.4, -0.2) is 18.4 Å². The van der Waals surface area contributed by atoms with E-state index in [1.807, 2.05) is 63.2 Å². The summed E-state index contributed by atoms with van der Waals surface area (Å²) in [4.78, 5) is 9.35. The lowest BCUT2D eigenvalue weighted by atomic mass is 10.2. The van der Waals surface area contributed by atoms with Crippen molar-refractivity contribution in [2.45, 2.75) is 25.7 Å². The van der Waals surface area contributed by atoms with Gasteiger partial charge in [0, 0.05) is 5.69 Å². The highest BCUT2D eigenvalue weighted by atomic mass is 32.2. The fourth-order valence-corrected chi connectivity index (χ4v) is 4.01. The molecule has 0 saturated carbocycles. The lowest BCUT2D eigenvalue weighted by Gasteiger charge is -2.14. The average Bonchev–Trinajstić information content (AvgIpc) is 2.70. The molecule has 0 atom stereocenters. The molecule has 2 N–H and O–H groups in total. The maximum Gasteiger partial charge on any atom is 0.263 e. The van der Waals surface area contributed by atoms with Crippen LogP contribution in [0.25, 0.3) is 11.0 Å². The van der Waals surface area contributed by atoms with Gasteiger partial charge in [-0.1, -0.05) is 41.5 Å². The second-order valence-electron chi connectivity index (χ2n) is 7.32. The van der Waals surface area contributed by atoms with Crippen molar-refractivity contribution in [2.24, 2.45) is 0 Å². The maximum atomic E-state index is 12.9. The van der Waals surface area contributed by atoms with Crippen molar-refractivity contribution in [2.75, 3.05) is 10.0 Å². The number of nitrogens with zero attached hydrogens (tertiary/aromatic N) is 2. The Kier molecular flexibility index (Phi) is 5.13. The zero-order chi connectivity index (χ0) is 21.3. The van der Waals surface area contributed by atoms with E-state index in [-0.39, 0.29) is 10.7 Å². The molecule has 1 heterocycles. The van der Waals surface area contributed by atoms with Crippen LogP contribution in [0.3, 0.4) is 0 Å². The Bertz CT molecular complexity index is 1320. The number of rotatable bonds is 5. The Morgan fingerprint density at radius 3 is 1.90 bits per heavy atom. The molecule has 152 valence electrons. The summed E-state index contributed by atoms with van der Waals surface area (Å²) in [7, 11) is -3.82. The summed E-state index contributed by atoms with van der Waals surface area (Å²) in [6.07, 6.45) is 0. The van der Waals surface area contributed by atoms with Gasteiger partial charge in [-0.3, -0.25) is 4.72 Å². The second kappa shape index (κ2) is 7.76. The molecule has 4 rings (SSSR count). The van der Waals surface area contributed by atoms with E-state index in [1.165, 1.54) is 0 Å². The summed E-state index contributed by atoms with van der Waals surface area (Å²) < 4.78 is 28.5. The molecule has 0 spiro atoms. The molecule has 7 heteroatoms. The summed E-state index contributed by atoms with van der Waals surface area (Å²) in [6, 6.07) is 20.1. The molecular weight excluding hydrogens is 396 g/mol. The van der Waals surface area contributed by atoms with Crippen molar-refractivity contribution in [3.05, 3.63) is 83.4 Å². The van der Waals surface area contributed by atoms with Gasteiger partial charge in [0.15, 0.2) is 11.6 Å². The van der Waals surface area contributed by atoms with Crippen molar-refractivity contribution in [1.82, 2.24) is 9.97 Å². The van der Waals surface area contributed by atoms with Crippen LogP contribution in [0.2, 0.25) is 0 Å². The number of aryl methyl sites for hydroxylation is 3. The van der Waals surface area contributed by atoms with Crippen LogP contribution in [0.5, 0.6) is 0 Å². The van der Waals surface area contributed by atoms with Crippen LogP contribution in [0.15, 0.2) is 71.6 Å². The Labute approximate surface area is 176 Å². The lowest BCUT2D eigenvalue weighted by Crippen LogP contribution is -2.16. The predicted octanol–water partition coefficient (Wildman–Crippen LogP) is 5.10. The first-order valence-corrected chi connectivity index (χ1v) is 11.0. The molecule has 3 aromatic carbocycles. The monoisotopic (exact) mass is 418 g/mol. The van der Waals surface area contributed by atoms with Gasteiger partial charge in [0.2, 0.25) is 0 Å². The van der Waals surface area contributed by atoms with Gasteiger partial charge >= 0.3 is 0 Å². The lowest BCUT2D eigenvalue weighted by molar-refractivity contribution is 0.601. The smallest absolute Gasteiger partial charge is 0.263 e. The molecular formula is C23H22N4O2S. The molecule has 30 heavy (non-hydrogen) atoms. The van der Waals surface area contributed by atoms with Crippen molar-refractivity contribution in [3.63, 3.8) is 0 Å². The van der Waals surface area contributed by atoms with Gasteiger partial charge in [0.1, 0.15) is 0 Å². The largest absolute Gasteiger partial charge is 0.337 e. The van der Waals surface area contributed by atoms with Gasteiger partial charge in [-0.2, -0.15) is 0 Å². The van der Waals surface area contributed by atoms with Crippen LogP contribution in [-0.2, 0) is 10.0 Å². The first-order chi connectivity index (χ1) is 14.3. The van der Waals surface area contributed by atoms with Crippen LogP contribution in [0.1, 0.15) is 16.7 Å². The van der Waals surface area contributed by atoms with E-state index < -0.39 is 10.0 Å². The minimum atomic E-state index is -3.82. The molecule has 0 amide bonds. The molecule has 0 saturated heterocycles. The molecule has 6 nitrogen and oxygen atoms in total. The quantitative estimate of drug-likeness (QED) is 0.471. The third kappa shape index (κ3) is 4.26. The normalized spacial score (nSPS) is 11.4. The van der Waals surface area contributed by atoms with Gasteiger partial charge in [0.25, 0.3) is 10.0 Å². The molecule has 0 aliphatic carbocycles. The molecule has 0 fully saturated rings. The molecule has 0 aliphatic rings. The fraction of sp³-hybridized carbons (Fsp3) is 0.130. The SMILES string of the molecule is Cc1ccc(Nc2nc3cc(C)ccc3nc2NS(=O)(=O)c2ccc(C)cc2)cc1. The van der Waals surface area contributed by atoms with Crippen molar-refractivity contribution >= 4 is 38.4 Å². The average molecular weight is 419 g/mol. The highest BCUT2D eigenvalue weighted by Crippen LogP contribution is 2.27. The van der Waals surface area contributed by atoms with E-state index in [0.29, 0.717) is 16.9 Å². The van der Waals surface area contributed by atoms with E-state index in [2.05, 4.69) is 20.0 Å². The van der Waals surface area contributed by atoms with Crippen LogP contribution < -0.4 is 10.0 Å². The number of benzene rings is 3. The van der Waals surface area contributed by atoms with Gasteiger partial charge in [-0.15, -0.1) is 0 Å². The molecule has 0 unspecified atom stereocenters. The van der Waals surface area contributed by atoms with Crippen molar-refractivity contribution < 1.29 is 8.42 Å². The number of hydrogen-bond acceptors (Lipinski definition) is 5. The van der Waals surface area contributed by atoms with Gasteiger partial charge in [0.05, 0.1) is 15.9 Å². The van der Waals surface area contributed by atoms with E-state index in [4.69, 9.17) is 0 Å². The number of nitrogens with one attached hydrogen (secondary N) is 2. The first kappa shape index (κ1) is 19.8. The van der Waals surface area contributed by atoms with Crippen LogP contribution in [0, 0.1) is 20.8 Å². The number of fused-ring (bicyclic) bond motifs is 1. The predicted molar refractivity (Wildman–Crippen MR) is 121 cm³/mol. The van der Waals surface area contributed by atoms with Gasteiger partial charge in [-0.05, 0) is 62.7 Å². The van der Waals surface area contributed by atoms with Gasteiger partial charge in [-0.25, -0.2) is 18.4 Å². The van der Waals surface area contributed by atoms with E-state index in [0.717, 1.165) is 22.4 Å². The highest BCUT2D eigenvalue weighted by Gasteiger charge is 2.19. The van der Waals surface area contributed by atoms with Crippen LogP contribution in [0.4, 0.5) is 17.3 Å². The molecule has 0 radical (unpaired) electrons. The number of sulfonamides is 1. The summed E-state index contributed by atoms with van der Waals surface area (Å²) >= 11 is 0. The van der Waals surface area contributed by atoms with Crippen molar-refractivity contribution in [1.29, 1.82) is 0 Å². The Hall–Kier alpha value is -3.45. The summed E-state index contributed by atoms with van der Waals surface area (Å²) in [6.45, 7) is 5.88. The van der Waals surface area contributed by atoms with E-state index in [1.54, 1.807) is 24.3 Å². The third-order valence-corrected chi connectivity index (χ3v) is 6.05.